The molecule has 2 aromatic carbocycles. The highest BCUT2D eigenvalue weighted by Gasteiger charge is 2.43. The first-order valence-corrected chi connectivity index (χ1v) is 10.3. The van der Waals surface area contributed by atoms with Gasteiger partial charge in [0.2, 0.25) is 0 Å². The number of phenols is 1. The standard InChI is InChI=1S/C24H31NO/c26-23-13-6-11-21(18-23)24-14-7-12-22(19-24)25(17-15-24)16-5-4-10-20-8-2-1-3-9-20/h1-3,6,8-9,11,13,18,22,26H,4-5,7,10,12,14-17,19H2/t22-,24+/m0/s1. The molecule has 26 heavy (non-hydrogen) atoms. The summed E-state index contributed by atoms with van der Waals surface area (Å²) in [5.41, 5.74) is 3.14. The number of unbranched alkanes of at least 4 members (excludes halogenated alkanes) is 1. The summed E-state index contributed by atoms with van der Waals surface area (Å²) in [6.07, 6.45) is 10.2. The summed E-state index contributed by atoms with van der Waals surface area (Å²) in [6, 6.07) is 19.6. The summed E-state index contributed by atoms with van der Waals surface area (Å²) >= 11 is 0. The Kier molecular flexibility index (Phi) is 5.31. The maximum Gasteiger partial charge on any atom is 0.115 e. The molecule has 2 fully saturated rings. The molecule has 2 bridgehead atoms. The molecule has 2 heteroatoms. The molecular weight excluding hydrogens is 318 g/mol. The van der Waals surface area contributed by atoms with Gasteiger partial charge in [0.25, 0.3) is 0 Å². The van der Waals surface area contributed by atoms with Crippen LogP contribution in [0.1, 0.15) is 56.1 Å². The lowest BCUT2D eigenvalue weighted by molar-refractivity contribution is 0.0504. The highest BCUT2D eigenvalue weighted by Crippen LogP contribution is 2.47. The summed E-state index contributed by atoms with van der Waals surface area (Å²) in [7, 11) is 0. The molecule has 0 aromatic heterocycles. The summed E-state index contributed by atoms with van der Waals surface area (Å²) in [5.74, 6) is 0.419. The number of nitrogens with zero attached hydrogens (tertiary/aromatic N) is 1. The third kappa shape index (κ3) is 3.81. The predicted molar refractivity (Wildman–Crippen MR) is 108 cm³/mol. The van der Waals surface area contributed by atoms with Gasteiger partial charge in [-0.3, -0.25) is 0 Å². The number of benzene rings is 2. The van der Waals surface area contributed by atoms with Crippen molar-refractivity contribution in [1.29, 1.82) is 0 Å². The average molecular weight is 350 g/mol. The third-order valence-electron chi connectivity index (χ3n) is 6.68. The van der Waals surface area contributed by atoms with Crippen LogP contribution >= 0.6 is 0 Å². The molecule has 2 aromatic rings. The Bertz CT molecular complexity index is 713. The summed E-state index contributed by atoms with van der Waals surface area (Å²) < 4.78 is 0. The number of piperidine rings is 1. The van der Waals surface area contributed by atoms with Gasteiger partial charge in [-0.1, -0.05) is 48.9 Å². The van der Waals surface area contributed by atoms with Crippen molar-refractivity contribution >= 4 is 0 Å². The van der Waals surface area contributed by atoms with E-state index < -0.39 is 0 Å². The van der Waals surface area contributed by atoms with Crippen molar-refractivity contribution in [2.75, 3.05) is 13.1 Å². The normalized spacial score (nSPS) is 25.9. The molecule has 138 valence electrons. The van der Waals surface area contributed by atoms with Crippen LogP contribution in [0.25, 0.3) is 0 Å². The topological polar surface area (TPSA) is 23.5 Å². The molecule has 0 spiro atoms. The first kappa shape index (κ1) is 17.6. The fraction of sp³-hybridized carbons (Fsp3) is 0.500. The maximum atomic E-state index is 9.92. The molecule has 1 heterocycles. The van der Waals surface area contributed by atoms with Crippen LogP contribution in [0.2, 0.25) is 0 Å². The average Bonchev–Trinajstić information content (AvgIpc) is 2.68. The lowest BCUT2D eigenvalue weighted by Crippen LogP contribution is -2.51. The van der Waals surface area contributed by atoms with Gasteiger partial charge in [-0.25, -0.2) is 0 Å². The fourth-order valence-corrected chi connectivity index (χ4v) is 5.24. The molecule has 1 saturated heterocycles. The molecule has 4 rings (SSSR count). The Balaban J connectivity index is 1.33. The maximum absolute atomic E-state index is 9.92. The summed E-state index contributed by atoms with van der Waals surface area (Å²) in [4.78, 5) is 2.76. The van der Waals surface area contributed by atoms with Crippen molar-refractivity contribution in [2.24, 2.45) is 0 Å². The highest BCUT2D eigenvalue weighted by atomic mass is 16.3. The highest BCUT2D eigenvalue weighted by molar-refractivity contribution is 5.34. The van der Waals surface area contributed by atoms with E-state index in [9.17, 15) is 5.11 Å². The number of aryl methyl sites for hydroxylation is 1. The van der Waals surface area contributed by atoms with E-state index in [0.29, 0.717) is 11.2 Å². The van der Waals surface area contributed by atoms with Gasteiger partial charge in [0.05, 0.1) is 0 Å². The summed E-state index contributed by atoms with van der Waals surface area (Å²) in [5, 5.41) is 9.92. The minimum atomic E-state index is 0.308. The quantitative estimate of drug-likeness (QED) is 0.715. The predicted octanol–water partition coefficient (Wildman–Crippen LogP) is 5.30. The smallest absolute Gasteiger partial charge is 0.115 e. The second kappa shape index (κ2) is 7.84. The molecule has 2 atom stereocenters. The zero-order chi connectivity index (χ0) is 17.8. The van der Waals surface area contributed by atoms with E-state index in [4.69, 9.17) is 0 Å². The van der Waals surface area contributed by atoms with E-state index in [0.717, 1.165) is 6.04 Å². The van der Waals surface area contributed by atoms with Crippen molar-refractivity contribution in [2.45, 2.75) is 62.8 Å². The van der Waals surface area contributed by atoms with Crippen LogP contribution in [0.15, 0.2) is 54.6 Å². The number of likely N-dealkylation sites (tertiary alicyclic amines) is 1. The van der Waals surface area contributed by atoms with Crippen LogP contribution < -0.4 is 0 Å². The second-order valence-electron chi connectivity index (χ2n) is 8.31. The van der Waals surface area contributed by atoms with Crippen molar-refractivity contribution in [3.63, 3.8) is 0 Å². The molecule has 2 nitrogen and oxygen atoms in total. The number of hydrogen-bond donors (Lipinski definition) is 1. The van der Waals surface area contributed by atoms with Gasteiger partial charge < -0.3 is 10.0 Å². The number of phenolic OH excluding ortho intramolecular Hbond substituents is 1. The van der Waals surface area contributed by atoms with Gasteiger partial charge in [-0.2, -0.15) is 0 Å². The van der Waals surface area contributed by atoms with Crippen LogP contribution in [0, 0.1) is 0 Å². The van der Waals surface area contributed by atoms with E-state index in [1.54, 1.807) is 6.07 Å². The first-order valence-electron chi connectivity index (χ1n) is 10.3. The van der Waals surface area contributed by atoms with E-state index >= 15 is 0 Å². The van der Waals surface area contributed by atoms with E-state index in [2.05, 4.69) is 41.3 Å². The van der Waals surface area contributed by atoms with E-state index in [1.165, 1.54) is 75.6 Å². The number of aromatic hydroxyl groups is 1. The van der Waals surface area contributed by atoms with Crippen molar-refractivity contribution in [3.8, 4) is 5.75 Å². The van der Waals surface area contributed by atoms with Gasteiger partial charge in [0.1, 0.15) is 5.75 Å². The molecule has 1 aliphatic carbocycles. The van der Waals surface area contributed by atoms with E-state index in [-0.39, 0.29) is 0 Å². The minimum Gasteiger partial charge on any atom is -0.508 e. The second-order valence-corrected chi connectivity index (χ2v) is 8.31. The molecule has 0 unspecified atom stereocenters. The monoisotopic (exact) mass is 349 g/mol. The zero-order valence-electron chi connectivity index (χ0n) is 15.7. The van der Waals surface area contributed by atoms with Gasteiger partial charge in [0.15, 0.2) is 0 Å². The Morgan fingerprint density at radius 3 is 2.73 bits per heavy atom. The van der Waals surface area contributed by atoms with Crippen LogP contribution in [0.3, 0.4) is 0 Å². The Morgan fingerprint density at radius 1 is 1.00 bits per heavy atom. The first-order chi connectivity index (χ1) is 12.8. The Hall–Kier alpha value is -1.80. The van der Waals surface area contributed by atoms with Gasteiger partial charge in [-0.05, 0) is 86.7 Å². The van der Waals surface area contributed by atoms with Crippen molar-refractivity contribution in [3.05, 3.63) is 65.7 Å². The lowest BCUT2D eigenvalue weighted by Gasteiger charge is -2.51. The minimum absolute atomic E-state index is 0.308. The van der Waals surface area contributed by atoms with Crippen molar-refractivity contribution < 1.29 is 5.11 Å². The van der Waals surface area contributed by atoms with Crippen LogP contribution in [-0.2, 0) is 11.8 Å². The molecule has 1 aliphatic heterocycles. The number of rotatable bonds is 6. The van der Waals surface area contributed by atoms with Gasteiger partial charge >= 0.3 is 0 Å². The van der Waals surface area contributed by atoms with Gasteiger partial charge in [0, 0.05) is 6.04 Å². The third-order valence-corrected chi connectivity index (χ3v) is 6.68. The fourth-order valence-electron chi connectivity index (χ4n) is 5.24. The zero-order valence-corrected chi connectivity index (χ0v) is 15.7. The lowest BCUT2D eigenvalue weighted by atomic mass is 9.63. The largest absolute Gasteiger partial charge is 0.508 e. The molecule has 2 aliphatic rings. The number of fused-ring (bicyclic) bond motifs is 2. The van der Waals surface area contributed by atoms with Crippen LogP contribution in [0.4, 0.5) is 0 Å². The van der Waals surface area contributed by atoms with Gasteiger partial charge in [-0.15, -0.1) is 0 Å². The van der Waals surface area contributed by atoms with Crippen LogP contribution in [-0.4, -0.2) is 29.1 Å². The molecule has 0 radical (unpaired) electrons. The molecule has 0 amide bonds. The number of hydrogen-bond acceptors (Lipinski definition) is 2. The molecule has 1 saturated carbocycles. The molecule has 1 N–H and O–H groups in total. The molecular formula is C24H31NO. The van der Waals surface area contributed by atoms with E-state index in [1.807, 2.05) is 12.1 Å². The van der Waals surface area contributed by atoms with Crippen LogP contribution in [0.5, 0.6) is 5.75 Å². The summed E-state index contributed by atoms with van der Waals surface area (Å²) in [6.45, 7) is 2.46. The SMILES string of the molecule is Oc1cccc([C@@]23CCC[C@@H](C2)N(CCCCc2ccccc2)CC3)c1. The van der Waals surface area contributed by atoms with Crippen molar-refractivity contribution in [1.82, 2.24) is 4.90 Å². The Morgan fingerprint density at radius 2 is 1.88 bits per heavy atom. The Labute approximate surface area is 157 Å².